The maximum Gasteiger partial charge on any atom is 0.123 e. The van der Waals surface area contributed by atoms with Crippen LogP contribution in [0, 0.1) is 5.82 Å². The van der Waals surface area contributed by atoms with Gasteiger partial charge in [0.05, 0.1) is 6.04 Å². The summed E-state index contributed by atoms with van der Waals surface area (Å²) in [5.74, 6) is 5.51. The Bertz CT molecular complexity index is 553. The van der Waals surface area contributed by atoms with Gasteiger partial charge in [0.15, 0.2) is 0 Å². The minimum atomic E-state index is -0.216. The van der Waals surface area contributed by atoms with Crippen molar-refractivity contribution in [3.05, 3.63) is 57.0 Å². The summed E-state index contributed by atoms with van der Waals surface area (Å²) in [4.78, 5) is 2.73. The second-order valence-electron chi connectivity index (χ2n) is 5.31. The lowest BCUT2D eigenvalue weighted by molar-refractivity contribution is 0.618. The molecule has 106 valence electrons. The molecule has 4 heteroatoms. The van der Waals surface area contributed by atoms with Gasteiger partial charge in [-0.3, -0.25) is 5.84 Å². The van der Waals surface area contributed by atoms with Crippen LogP contribution >= 0.6 is 11.3 Å². The summed E-state index contributed by atoms with van der Waals surface area (Å²) in [5.41, 5.74) is 5.35. The summed E-state index contributed by atoms with van der Waals surface area (Å²) in [6.07, 6.45) is 6.24. The molecule has 2 nitrogen and oxygen atoms in total. The lowest BCUT2D eigenvalue weighted by Crippen LogP contribution is -2.28. The predicted molar refractivity (Wildman–Crippen MR) is 81.1 cm³/mol. The molecule has 1 aromatic carbocycles. The maximum atomic E-state index is 13.0. The van der Waals surface area contributed by atoms with Crippen molar-refractivity contribution < 1.29 is 4.39 Å². The number of fused-ring (bicyclic) bond motifs is 1. The first-order valence-electron chi connectivity index (χ1n) is 7.11. The van der Waals surface area contributed by atoms with Crippen molar-refractivity contribution in [3.63, 3.8) is 0 Å². The second kappa shape index (κ2) is 6.04. The number of hydrogen-bond acceptors (Lipinski definition) is 3. The van der Waals surface area contributed by atoms with Crippen molar-refractivity contribution in [2.75, 3.05) is 0 Å². The van der Waals surface area contributed by atoms with Crippen molar-refractivity contribution in [2.45, 2.75) is 38.1 Å². The quantitative estimate of drug-likeness (QED) is 0.514. The fourth-order valence-electron chi connectivity index (χ4n) is 2.83. The number of nitrogens with two attached hydrogens (primary N) is 1. The molecule has 1 aromatic heterocycles. The zero-order valence-corrected chi connectivity index (χ0v) is 12.2. The number of rotatable bonds is 3. The molecular formula is C16H19FN2S. The molecule has 0 bridgehead atoms. The SMILES string of the molecule is NNC(c1ccc(F)cc1)c1cc2c(s1)CCCCC2. The molecule has 0 radical (unpaired) electrons. The second-order valence-corrected chi connectivity index (χ2v) is 6.48. The number of thiophene rings is 1. The predicted octanol–water partition coefficient (Wildman–Crippen LogP) is 3.71. The molecule has 20 heavy (non-hydrogen) atoms. The van der Waals surface area contributed by atoms with E-state index in [2.05, 4.69) is 11.5 Å². The zero-order valence-electron chi connectivity index (χ0n) is 11.4. The minimum Gasteiger partial charge on any atom is -0.271 e. The molecule has 0 aliphatic heterocycles. The smallest absolute Gasteiger partial charge is 0.123 e. The first-order valence-corrected chi connectivity index (χ1v) is 7.92. The average Bonchev–Trinajstić information content (AvgIpc) is 2.72. The highest BCUT2D eigenvalue weighted by molar-refractivity contribution is 7.12. The largest absolute Gasteiger partial charge is 0.271 e. The van der Waals surface area contributed by atoms with E-state index in [1.165, 1.54) is 59.6 Å². The number of benzene rings is 1. The van der Waals surface area contributed by atoms with E-state index in [0.717, 1.165) is 5.56 Å². The van der Waals surface area contributed by atoms with Gasteiger partial charge >= 0.3 is 0 Å². The minimum absolute atomic E-state index is 0.0486. The Balaban J connectivity index is 1.91. The van der Waals surface area contributed by atoms with Gasteiger partial charge in [-0.1, -0.05) is 18.6 Å². The Hall–Kier alpha value is -1.23. The van der Waals surface area contributed by atoms with Crippen LogP contribution in [-0.2, 0) is 12.8 Å². The van der Waals surface area contributed by atoms with Gasteiger partial charge in [-0.05, 0) is 55.0 Å². The van der Waals surface area contributed by atoms with Crippen LogP contribution in [-0.4, -0.2) is 0 Å². The van der Waals surface area contributed by atoms with Gasteiger partial charge in [0.1, 0.15) is 5.82 Å². The standard InChI is InChI=1S/C16H19FN2S/c17-13-8-6-11(7-9-13)16(19-18)15-10-12-4-2-1-3-5-14(12)20-15/h6-10,16,19H,1-5,18H2. The Morgan fingerprint density at radius 3 is 2.60 bits per heavy atom. The highest BCUT2D eigenvalue weighted by Crippen LogP contribution is 2.34. The van der Waals surface area contributed by atoms with Crippen LogP contribution in [0.3, 0.4) is 0 Å². The lowest BCUT2D eigenvalue weighted by atomic mass is 10.0. The van der Waals surface area contributed by atoms with Gasteiger partial charge in [-0.2, -0.15) is 0 Å². The molecule has 1 heterocycles. The third-order valence-electron chi connectivity index (χ3n) is 3.92. The fraction of sp³-hybridized carbons (Fsp3) is 0.375. The average molecular weight is 290 g/mol. The Labute approximate surface area is 122 Å². The van der Waals surface area contributed by atoms with Crippen molar-refractivity contribution in [2.24, 2.45) is 5.84 Å². The highest BCUT2D eigenvalue weighted by Gasteiger charge is 2.19. The third kappa shape index (κ3) is 2.77. The van der Waals surface area contributed by atoms with Gasteiger partial charge in [0, 0.05) is 9.75 Å². The molecule has 0 amide bonds. The third-order valence-corrected chi connectivity index (χ3v) is 5.22. The normalized spacial score (nSPS) is 16.5. The molecule has 0 saturated carbocycles. The van der Waals surface area contributed by atoms with E-state index in [1.54, 1.807) is 12.1 Å². The van der Waals surface area contributed by atoms with Crippen LogP contribution in [0.15, 0.2) is 30.3 Å². The Kier molecular flexibility index (Phi) is 4.15. The first-order chi connectivity index (χ1) is 9.78. The highest BCUT2D eigenvalue weighted by atomic mass is 32.1. The number of halogens is 1. The summed E-state index contributed by atoms with van der Waals surface area (Å²) in [6.45, 7) is 0. The Morgan fingerprint density at radius 2 is 1.85 bits per heavy atom. The van der Waals surface area contributed by atoms with E-state index < -0.39 is 0 Å². The molecule has 0 saturated heterocycles. The van der Waals surface area contributed by atoms with E-state index in [0.29, 0.717) is 0 Å². The van der Waals surface area contributed by atoms with Crippen LogP contribution in [0.5, 0.6) is 0 Å². The molecule has 1 aliphatic carbocycles. The zero-order chi connectivity index (χ0) is 13.9. The van der Waals surface area contributed by atoms with E-state index in [4.69, 9.17) is 5.84 Å². The fourth-order valence-corrected chi connectivity index (χ4v) is 4.18. The van der Waals surface area contributed by atoms with E-state index in [-0.39, 0.29) is 11.9 Å². The molecular weight excluding hydrogens is 271 g/mol. The molecule has 1 unspecified atom stereocenters. The van der Waals surface area contributed by atoms with Crippen LogP contribution in [0.1, 0.15) is 46.2 Å². The van der Waals surface area contributed by atoms with Crippen molar-refractivity contribution >= 4 is 11.3 Å². The first kappa shape index (κ1) is 13.7. The number of hydrazine groups is 1. The van der Waals surface area contributed by atoms with E-state index in [1.807, 2.05) is 11.3 Å². The van der Waals surface area contributed by atoms with Gasteiger partial charge in [0.25, 0.3) is 0 Å². The number of aryl methyl sites for hydroxylation is 2. The van der Waals surface area contributed by atoms with E-state index >= 15 is 0 Å². The molecule has 1 atom stereocenters. The maximum absolute atomic E-state index is 13.0. The topological polar surface area (TPSA) is 38.0 Å². The van der Waals surface area contributed by atoms with Crippen LogP contribution < -0.4 is 11.3 Å². The molecule has 3 N–H and O–H groups in total. The number of nitrogens with one attached hydrogen (secondary N) is 1. The van der Waals surface area contributed by atoms with Gasteiger partial charge in [0.2, 0.25) is 0 Å². The van der Waals surface area contributed by atoms with Crippen molar-refractivity contribution in [3.8, 4) is 0 Å². The Morgan fingerprint density at radius 1 is 1.10 bits per heavy atom. The summed E-state index contributed by atoms with van der Waals surface area (Å²) in [7, 11) is 0. The van der Waals surface area contributed by atoms with Gasteiger partial charge in [-0.15, -0.1) is 11.3 Å². The molecule has 0 spiro atoms. The van der Waals surface area contributed by atoms with E-state index in [9.17, 15) is 4.39 Å². The number of hydrogen-bond donors (Lipinski definition) is 2. The lowest BCUT2D eigenvalue weighted by Gasteiger charge is -2.14. The van der Waals surface area contributed by atoms with Crippen molar-refractivity contribution in [1.29, 1.82) is 0 Å². The summed E-state index contributed by atoms with van der Waals surface area (Å²) < 4.78 is 13.0. The van der Waals surface area contributed by atoms with Gasteiger partial charge < -0.3 is 0 Å². The van der Waals surface area contributed by atoms with Crippen LogP contribution in [0.25, 0.3) is 0 Å². The van der Waals surface area contributed by atoms with Gasteiger partial charge in [-0.25, -0.2) is 9.82 Å². The van der Waals surface area contributed by atoms with Crippen molar-refractivity contribution in [1.82, 2.24) is 5.43 Å². The molecule has 1 aliphatic rings. The summed E-state index contributed by atoms with van der Waals surface area (Å²) in [5, 5.41) is 0. The molecule has 2 aromatic rings. The monoisotopic (exact) mass is 290 g/mol. The molecule has 3 rings (SSSR count). The van der Waals surface area contributed by atoms with Crippen LogP contribution in [0.2, 0.25) is 0 Å². The molecule has 0 fully saturated rings. The van der Waals surface area contributed by atoms with Crippen LogP contribution in [0.4, 0.5) is 4.39 Å². The summed E-state index contributed by atoms with van der Waals surface area (Å²) in [6, 6.07) is 8.79. The summed E-state index contributed by atoms with van der Waals surface area (Å²) >= 11 is 1.84.